The van der Waals surface area contributed by atoms with Crippen molar-refractivity contribution in [2.75, 3.05) is 0 Å². The molecule has 0 aliphatic rings. The third kappa shape index (κ3) is 6.29. The molecular formula is C14H23N3O4. The van der Waals surface area contributed by atoms with Gasteiger partial charge in [0.25, 0.3) is 0 Å². The summed E-state index contributed by atoms with van der Waals surface area (Å²) in [5.74, 6) is -1.11. The Morgan fingerprint density at radius 3 is 2.67 bits per heavy atom. The highest BCUT2D eigenvalue weighted by Crippen LogP contribution is 2.08. The van der Waals surface area contributed by atoms with Gasteiger partial charge in [0, 0.05) is 19.2 Å². The number of carboxylic acids is 1. The Labute approximate surface area is 124 Å². The molecule has 1 atom stereocenters. The van der Waals surface area contributed by atoms with E-state index in [2.05, 4.69) is 10.4 Å². The molecule has 7 nitrogen and oxygen atoms in total. The Hall–Kier alpha value is -2.05. The molecule has 0 spiro atoms. The summed E-state index contributed by atoms with van der Waals surface area (Å²) < 4.78 is 6.82. The van der Waals surface area contributed by atoms with Crippen LogP contribution < -0.4 is 5.32 Å². The predicted molar refractivity (Wildman–Crippen MR) is 77.0 cm³/mol. The maximum Gasteiger partial charge on any atom is 0.408 e. The van der Waals surface area contributed by atoms with Gasteiger partial charge in [-0.25, -0.2) is 9.59 Å². The van der Waals surface area contributed by atoms with Crippen molar-refractivity contribution in [2.45, 2.75) is 58.7 Å². The van der Waals surface area contributed by atoms with Crippen molar-refractivity contribution in [3.05, 3.63) is 18.0 Å². The van der Waals surface area contributed by atoms with Crippen molar-refractivity contribution >= 4 is 12.1 Å². The predicted octanol–water partition coefficient (Wildman–Crippen LogP) is 1.81. The number of aromatic nitrogens is 2. The number of ether oxygens (including phenoxy) is 1. The van der Waals surface area contributed by atoms with Crippen LogP contribution in [-0.4, -0.2) is 38.6 Å². The van der Waals surface area contributed by atoms with E-state index in [1.165, 1.54) is 0 Å². The number of carbonyl (C=O) groups is 2. The number of hydrogen-bond donors (Lipinski definition) is 2. The lowest BCUT2D eigenvalue weighted by atomic mass is 10.1. The molecule has 7 heteroatoms. The van der Waals surface area contributed by atoms with Crippen LogP contribution in [0.5, 0.6) is 0 Å². The van der Waals surface area contributed by atoms with Crippen molar-refractivity contribution in [3.8, 4) is 0 Å². The minimum Gasteiger partial charge on any atom is -0.480 e. The first kappa shape index (κ1) is 17.0. The van der Waals surface area contributed by atoms with Gasteiger partial charge in [0.1, 0.15) is 11.6 Å². The topological polar surface area (TPSA) is 93.5 Å². The first-order valence-electron chi connectivity index (χ1n) is 6.95. The van der Waals surface area contributed by atoms with E-state index in [9.17, 15) is 14.7 Å². The summed E-state index contributed by atoms with van der Waals surface area (Å²) in [6, 6.07) is -1.04. The van der Waals surface area contributed by atoms with Gasteiger partial charge in [-0.1, -0.05) is 6.92 Å². The Morgan fingerprint density at radius 2 is 2.14 bits per heavy atom. The Bertz CT molecular complexity index is 491. The van der Waals surface area contributed by atoms with Crippen LogP contribution in [0, 0.1) is 0 Å². The van der Waals surface area contributed by atoms with Crippen molar-refractivity contribution in [1.29, 1.82) is 0 Å². The number of nitrogens with zero attached hydrogens (tertiary/aromatic N) is 2. The molecule has 1 heterocycles. The fourth-order valence-electron chi connectivity index (χ4n) is 1.75. The highest BCUT2D eigenvalue weighted by Gasteiger charge is 2.24. The van der Waals surface area contributed by atoms with Gasteiger partial charge >= 0.3 is 12.1 Å². The molecule has 0 saturated carbocycles. The van der Waals surface area contributed by atoms with Crippen molar-refractivity contribution in [1.82, 2.24) is 15.1 Å². The molecule has 0 bridgehead atoms. The zero-order valence-corrected chi connectivity index (χ0v) is 12.9. The lowest BCUT2D eigenvalue weighted by Crippen LogP contribution is -2.44. The van der Waals surface area contributed by atoms with Crippen LogP contribution in [0.1, 0.15) is 39.7 Å². The zero-order chi connectivity index (χ0) is 16.0. The van der Waals surface area contributed by atoms with E-state index >= 15 is 0 Å². The zero-order valence-electron chi connectivity index (χ0n) is 12.9. The fraction of sp³-hybridized carbons (Fsp3) is 0.643. The van der Waals surface area contributed by atoms with E-state index in [0.717, 1.165) is 18.5 Å². The Balaban J connectivity index is 2.65. The Kier molecular flexibility index (Phi) is 5.75. The van der Waals surface area contributed by atoms with Crippen LogP contribution in [0.25, 0.3) is 0 Å². The molecule has 1 aromatic heterocycles. The summed E-state index contributed by atoms with van der Waals surface area (Å²) in [6.07, 6.45) is 3.77. The number of aryl methyl sites for hydroxylation is 1. The molecule has 1 aromatic rings. The van der Waals surface area contributed by atoms with Crippen molar-refractivity contribution in [2.24, 2.45) is 0 Å². The number of nitrogens with one attached hydrogen (secondary N) is 1. The fourth-order valence-corrected chi connectivity index (χ4v) is 1.75. The smallest absolute Gasteiger partial charge is 0.408 e. The summed E-state index contributed by atoms with van der Waals surface area (Å²) in [5.41, 5.74) is 0.0889. The van der Waals surface area contributed by atoms with Gasteiger partial charge in [-0.15, -0.1) is 0 Å². The summed E-state index contributed by atoms with van der Waals surface area (Å²) in [5, 5.41) is 15.7. The second kappa shape index (κ2) is 7.10. The van der Waals surface area contributed by atoms with Gasteiger partial charge in [-0.05, 0) is 32.8 Å². The summed E-state index contributed by atoms with van der Waals surface area (Å²) in [6.45, 7) is 7.97. The van der Waals surface area contributed by atoms with Gasteiger partial charge in [0.05, 0.1) is 6.20 Å². The molecule has 0 aliphatic carbocycles. The van der Waals surface area contributed by atoms with Crippen LogP contribution in [0.15, 0.2) is 12.4 Å². The van der Waals surface area contributed by atoms with E-state index in [0.29, 0.717) is 0 Å². The van der Waals surface area contributed by atoms with Gasteiger partial charge in [-0.2, -0.15) is 5.10 Å². The largest absolute Gasteiger partial charge is 0.480 e. The maximum absolute atomic E-state index is 11.7. The first-order valence-corrected chi connectivity index (χ1v) is 6.95. The molecule has 1 amide bonds. The lowest BCUT2D eigenvalue weighted by Gasteiger charge is -2.21. The molecule has 0 aromatic carbocycles. The summed E-state index contributed by atoms with van der Waals surface area (Å²) in [4.78, 5) is 22.9. The van der Waals surface area contributed by atoms with Gasteiger partial charge in [0.15, 0.2) is 0 Å². The number of carboxylic acid groups (broad SMARTS) is 1. The van der Waals surface area contributed by atoms with Gasteiger partial charge in [-0.3, -0.25) is 4.68 Å². The van der Waals surface area contributed by atoms with E-state index in [1.807, 2.05) is 6.92 Å². The highest BCUT2D eigenvalue weighted by molar-refractivity contribution is 5.80. The minimum absolute atomic E-state index is 0.165. The number of aliphatic carboxylic acids is 1. The second-order valence-electron chi connectivity index (χ2n) is 5.85. The van der Waals surface area contributed by atoms with Crippen LogP contribution in [-0.2, 0) is 22.5 Å². The van der Waals surface area contributed by atoms with Crippen LogP contribution in [0.4, 0.5) is 4.79 Å². The molecule has 21 heavy (non-hydrogen) atoms. The molecule has 1 rings (SSSR count). The number of hydrogen-bond acceptors (Lipinski definition) is 4. The molecule has 1 unspecified atom stereocenters. The first-order chi connectivity index (χ1) is 9.71. The summed E-state index contributed by atoms with van der Waals surface area (Å²) in [7, 11) is 0. The third-order valence-corrected chi connectivity index (χ3v) is 2.57. The Morgan fingerprint density at radius 1 is 1.48 bits per heavy atom. The molecule has 0 radical (unpaired) electrons. The standard InChI is InChI=1S/C14H23N3O4/c1-5-6-17-9-10(8-15-17)7-11(12(18)19)16-13(20)21-14(2,3)4/h8-9,11H,5-7H2,1-4H3,(H,16,20)(H,18,19). The SMILES string of the molecule is CCCn1cc(CC(NC(=O)OC(C)(C)C)C(=O)O)cn1. The average Bonchev–Trinajstić information content (AvgIpc) is 2.73. The molecule has 2 N–H and O–H groups in total. The van der Waals surface area contributed by atoms with Gasteiger partial charge < -0.3 is 15.2 Å². The normalized spacial score (nSPS) is 12.8. The monoisotopic (exact) mass is 297 g/mol. The van der Waals surface area contributed by atoms with Crippen molar-refractivity contribution in [3.63, 3.8) is 0 Å². The van der Waals surface area contributed by atoms with Gasteiger partial charge in [0.2, 0.25) is 0 Å². The number of rotatable bonds is 6. The molecule has 118 valence electrons. The third-order valence-electron chi connectivity index (χ3n) is 2.57. The van der Waals surface area contributed by atoms with Crippen LogP contribution in [0.3, 0.4) is 0 Å². The average molecular weight is 297 g/mol. The van der Waals surface area contributed by atoms with E-state index < -0.39 is 23.7 Å². The van der Waals surface area contributed by atoms with E-state index in [-0.39, 0.29) is 6.42 Å². The number of amides is 1. The number of carbonyl (C=O) groups excluding carboxylic acids is 1. The van der Waals surface area contributed by atoms with E-state index in [1.54, 1.807) is 37.8 Å². The highest BCUT2D eigenvalue weighted by atomic mass is 16.6. The molecular weight excluding hydrogens is 274 g/mol. The summed E-state index contributed by atoms with van der Waals surface area (Å²) >= 11 is 0. The quantitative estimate of drug-likeness (QED) is 0.835. The number of alkyl carbamates (subject to hydrolysis) is 1. The molecule has 0 aliphatic heterocycles. The maximum atomic E-state index is 11.7. The van der Waals surface area contributed by atoms with Crippen LogP contribution >= 0.6 is 0 Å². The molecule has 0 fully saturated rings. The van der Waals surface area contributed by atoms with E-state index in [4.69, 9.17) is 4.74 Å². The van der Waals surface area contributed by atoms with Crippen LogP contribution in [0.2, 0.25) is 0 Å². The van der Waals surface area contributed by atoms with Crippen molar-refractivity contribution < 1.29 is 19.4 Å². The second-order valence-corrected chi connectivity index (χ2v) is 5.85. The molecule has 0 saturated heterocycles. The minimum atomic E-state index is -1.11. The lowest BCUT2D eigenvalue weighted by molar-refractivity contribution is -0.139.